The van der Waals surface area contributed by atoms with Crippen LogP contribution < -0.4 is 5.32 Å². The summed E-state index contributed by atoms with van der Waals surface area (Å²) in [6.07, 6.45) is 9.26. The Kier molecular flexibility index (Phi) is 5.25. The van der Waals surface area contributed by atoms with Crippen LogP contribution in [0.4, 0.5) is 5.69 Å². The van der Waals surface area contributed by atoms with E-state index in [1.54, 1.807) is 17.1 Å². The van der Waals surface area contributed by atoms with Crippen LogP contribution >= 0.6 is 0 Å². The molecule has 1 aliphatic heterocycles. The van der Waals surface area contributed by atoms with E-state index in [2.05, 4.69) is 26.4 Å². The lowest BCUT2D eigenvalue weighted by Gasteiger charge is -2.32. The maximum absolute atomic E-state index is 12.8. The van der Waals surface area contributed by atoms with Crippen LogP contribution in [-0.4, -0.2) is 38.7 Å². The van der Waals surface area contributed by atoms with Gasteiger partial charge in [-0.25, -0.2) is 4.68 Å². The first-order chi connectivity index (χ1) is 13.3. The Morgan fingerprint density at radius 3 is 2.96 bits per heavy atom. The van der Waals surface area contributed by atoms with E-state index in [1.807, 2.05) is 48.8 Å². The molecular formula is C21H23N5O. The van der Waals surface area contributed by atoms with E-state index < -0.39 is 0 Å². The Labute approximate surface area is 158 Å². The number of anilines is 1. The number of rotatable bonds is 5. The van der Waals surface area contributed by atoms with E-state index in [0.29, 0.717) is 0 Å². The topological polar surface area (TPSA) is 63.1 Å². The molecule has 6 heteroatoms. The van der Waals surface area contributed by atoms with Crippen LogP contribution in [0.2, 0.25) is 0 Å². The lowest BCUT2D eigenvalue weighted by atomic mass is 9.96. The number of likely N-dealkylation sites (tertiary alicyclic amines) is 1. The molecule has 3 heterocycles. The van der Waals surface area contributed by atoms with Crippen LogP contribution in [0, 0.1) is 5.92 Å². The molecule has 2 aromatic heterocycles. The summed E-state index contributed by atoms with van der Waals surface area (Å²) in [7, 11) is 0. The Morgan fingerprint density at radius 2 is 2.15 bits per heavy atom. The second-order valence-corrected chi connectivity index (χ2v) is 6.93. The highest BCUT2D eigenvalue weighted by Crippen LogP contribution is 2.21. The molecule has 0 radical (unpaired) electrons. The van der Waals surface area contributed by atoms with Gasteiger partial charge in [-0.2, -0.15) is 5.10 Å². The molecule has 1 saturated heterocycles. The molecule has 0 bridgehead atoms. The van der Waals surface area contributed by atoms with E-state index in [9.17, 15) is 4.79 Å². The fraction of sp³-hybridized carbons (Fsp3) is 0.286. The highest BCUT2D eigenvalue weighted by molar-refractivity contribution is 5.93. The lowest BCUT2D eigenvalue weighted by Crippen LogP contribution is -2.40. The predicted octanol–water partition coefficient (Wildman–Crippen LogP) is 3.12. The van der Waals surface area contributed by atoms with Crippen LogP contribution in [0.15, 0.2) is 67.3 Å². The number of benzene rings is 1. The molecule has 4 rings (SSSR count). The number of amides is 1. The van der Waals surface area contributed by atoms with Gasteiger partial charge in [0.05, 0.1) is 11.6 Å². The molecule has 1 aromatic carbocycles. The summed E-state index contributed by atoms with van der Waals surface area (Å²) < 4.78 is 1.78. The molecule has 1 atom stereocenters. The Hall–Kier alpha value is -2.99. The number of nitrogens with zero attached hydrogens (tertiary/aromatic N) is 4. The third-order valence-electron chi connectivity index (χ3n) is 4.89. The van der Waals surface area contributed by atoms with Crippen molar-refractivity contribution in [2.24, 2.45) is 5.92 Å². The molecule has 1 unspecified atom stereocenters. The minimum Gasteiger partial charge on any atom is -0.326 e. The minimum atomic E-state index is 0.00350. The average Bonchev–Trinajstić information content (AvgIpc) is 3.24. The molecule has 1 aliphatic rings. The highest BCUT2D eigenvalue weighted by atomic mass is 16.1. The number of pyridine rings is 1. The van der Waals surface area contributed by atoms with Gasteiger partial charge in [0, 0.05) is 43.6 Å². The summed E-state index contributed by atoms with van der Waals surface area (Å²) >= 11 is 0. The molecule has 27 heavy (non-hydrogen) atoms. The molecule has 1 fully saturated rings. The quantitative estimate of drug-likeness (QED) is 0.758. The van der Waals surface area contributed by atoms with Gasteiger partial charge in [0.25, 0.3) is 0 Å². The van der Waals surface area contributed by atoms with Crippen molar-refractivity contribution in [3.8, 4) is 5.69 Å². The third-order valence-corrected chi connectivity index (χ3v) is 4.89. The summed E-state index contributed by atoms with van der Waals surface area (Å²) in [6, 6.07) is 13.7. The molecule has 0 spiro atoms. The van der Waals surface area contributed by atoms with Crippen LogP contribution in [-0.2, 0) is 11.3 Å². The number of carbonyl (C=O) groups is 1. The van der Waals surface area contributed by atoms with Gasteiger partial charge in [0.2, 0.25) is 5.91 Å². The van der Waals surface area contributed by atoms with Gasteiger partial charge >= 0.3 is 0 Å². The summed E-state index contributed by atoms with van der Waals surface area (Å²) in [5.74, 6) is 0.0901. The highest BCUT2D eigenvalue weighted by Gasteiger charge is 2.26. The zero-order chi connectivity index (χ0) is 18.5. The summed E-state index contributed by atoms with van der Waals surface area (Å²) in [5, 5.41) is 7.32. The molecule has 1 amide bonds. The first-order valence-corrected chi connectivity index (χ1v) is 9.30. The van der Waals surface area contributed by atoms with Gasteiger partial charge in [-0.15, -0.1) is 0 Å². The van der Waals surface area contributed by atoms with Gasteiger partial charge < -0.3 is 5.32 Å². The summed E-state index contributed by atoms with van der Waals surface area (Å²) in [6.45, 7) is 2.64. The monoisotopic (exact) mass is 361 g/mol. The third kappa shape index (κ3) is 4.41. The average molecular weight is 361 g/mol. The van der Waals surface area contributed by atoms with Crippen molar-refractivity contribution in [2.45, 2.75) is 19.4 Å². The number of hydrogen-bond donors (Lipinski definition) is 1. The molecule has 138 valence electrons. The first-order valence-electron chi connectivity index (χ1n) is 9.30. The van der Waals surface area contributed by atoms with Gasteiger partial charge in [0.15, 0.2) is 0 Å². The Morgan fingerprint density at radius 1 is 1.19 bits per heavy atom. The molecule has 3 aromatic rings. The fourth-order valence-corrected chi connectivity index (χ4v) is 3.56. The number of piperidine rings is 1. The number of aromatic nitrogens is 3. The number of hydrogen-bond acceptors (Lipinski definition) is 4. The van der Waals surface area contributed by atoms with Crippen molar-refractivity contribution in [2.75, 3.05) is 18.4 Å². The molecule has 6 nitrogen and oxygen atoms in total. The van der Waals surface area contributed by atoms with Crippen LogP contribution in [0.1, 0.15) is 18.4 Å². The molecule has 0 aliphatic carbocycles. The normalized spacial score (nSPS) is 17.6. The predicted molar refractivity (Wildman–Crippen MR) is 104 cm³/mol. The van der Waals surface area contributed by atoms with Crippen molar-refractivity contribution in [3.63, 3.8) is 0 Å². The van der Waals surface area contributed by atoms with Crippen LogP contribution in [0.25, 0.3) is 5.69 Å². The second-order valence-electron chi connectivity index (χ2n) is 6.93. The smallest absolute Gasteiger partial charge is 0.228 e. The van der Waals surface area contributed by atoms with Crippen LogP contribution in [0.5, 0.6) is 0 Å². The summed E-state index contributed by atoms with van der Waals surface area (Å²) in [4.78, 5) is 19.3. The van der Waals surface area contributed by atoms with Crippen molar-refractivity contribution < 1.29 is 4.79 Å². The van der Waals surface area contributed by atoms with Crippen molar-refractivity contribution >= 4 is 11.6 Å². The van der Waals surface area contributed by atoms with Crippen LogP contribution in [0.3, 0.4) is 0 Å². The van der Waals surface area contributed by atoms with Gasteiger partial charge in [-0.1, -0.05) is 12.1 Å². The van der Waals surface area contributed by atoms with Crippen molar-refractivity contribution in [1.29, 1.82) is 0 Å². The maximum atomic E-state index is 12.8. The molecular weight excluding hydrogens is 338 g/mol. The van der Waals surface area contributed by atoms with Gasteiger partial charge in [0.1, 0.15) is 0 Å². The van der Waals surface area contributed by atoms with Crippen molar-refractivity contribution in [1.82, 2.24) is 19.7 Å². The molecule has 0 saturated carbocycles. The standard InChI is InChI=1S/C21H23N5O/c27-21(24-19-7-1-8-20(13-19)26-12-4-10-23-26)18-6-3-11-25(16-18)15-17-5-2-9-22-14-17/h1-2,4-5,7-10,12-14,18H,3,6,11,15-16H2,(H,24,27). The van der Waals surface area contributed by atoms with E-state index >= 15 is 0 Å². The zero-order valence-corrected chi connectivity index (χ0v) is 15.2. The van der Waals surface area contributed by atoms with Gasteiger partial charge in [-0.05, 0) is 55.3 Å². The van der Waals surface area contributed by atoms with E-state index in [0.717, 1.165) is 43.9 Å². The van der Waals surface area contributed by atoms with E-state index in [1.165, 1.54) is 5.56 Å². The van der Waals surface area contributed by atoms with Gasteiger partial charge in [-0.3, -0.25) is 14.7 Å². The summed E-state index contributed by atoms with van der Waals surface area (Å²) in [5.41, 5.74) is 2.92. The largest absolute Gasteiger partial charge is 0.326 e. The maximum Gasteiger partial charge on any atom is 0.228 e. The lowest BCUT2D eigenvalue weighted by molar-refractivity contribution is -0.121. The number of carbonyl (C=O) groups excluding carboxylic acids is 1. The fourth-order valence-electron chi connectivity index (χ4n) is 3.56. The zero-order valence-electron chi connectivity index (χ0n) is 15.2. The Balaban J connectivity index is 1.38. The van der Waals surface area contributed by atoms with E-state index in [4.69, 9.17) is 0 Å². The second kappa shape index (κ2) is 8.14. The Bertz CT molecular complexity index is 879. The molecule has 1 N–H and O–H groups in total. The minimum absolute atomic E-state index is 0.00350. The van der Waals surface area contributed by atoms with E-state index in [-0.39, 0.29) is 11.8 Å². The SMILES string of the molecule is O=C(Nc1cccc(-n2cccn2)c1)C1CCCN(Cc2cccnc2)C1. The number of nitrogens with one attached hydrogen (secondary N) is 1. The van der Waals surface area contributed by atoms with Crippen molar-refractivity contribution in [3.05, 3.63) is 72.8 Å². The first kappa shape index (κ1) is 17.4.